The van der Waals surface area contributed by atoms with Crippen LogP contribution in [0.3, 0.4) is 0 Å². The number of anilines is 1. The number of nitrogens with zero attached hydrogens (tertiary/aromatic N) is 2. The van der Waals surface area contributed by atoms with Gasteiger partial charge in [-0.3, -0.25) is 9.52 Å². The Morgan fingerprint density at radius 3 is 2.30 bits per heavy atom. The smallest absolute Gasteiger partial charge is 0.261 e. The number of amides is 1. The van der Waals surface area contributed by atoms with Gasteiger partial charge in [0.05, 0.1) is 41.7 Å². The topological polar surface area (TPSA) is 143 Å². The summed E-state index contributed by atoms with van der Waals surface area (Å²) in [6, 6.07) is 15.4. The van der Waals surface area contributed by atoms with E-state index in [0.717, 1.165) is 0 Å². The molecule has 1 aliphatic heterocycles. The number of methoxy groups -OCH3 is 1. The van der Waals surface area contributed by atoms with Gasteiger partial charge >= 0.3 is 0 Å². The van der Waals surface area contributed by atoms with Gasteiger partial charge < -0.3 is 19.5 Å². The first-order chi connectivity index (χ1) is 20.3. The summed E-state index contributed by atoms with van der Waals surface area (Å²) in [4.78, 5) is 15.3. The van der Waals surface area contributed by atoms with Crippen molar-refractivity contribution >= 4 is 43.2 Å². The molecule has 1 aliphatic rings. The molecule has 11 nitrogen and oxygen atoms in total. The van der Waals surface area contributed by atoms with E-state index in [1.165, 1.54) is 78.0 Å². The van der Waals surface area contributed by atoms with Gasteiger partial charge in [-0.2, -0.15) is 4.31 Å². The predicted molar refractivity (Wildman–Crippen MR) is 163 cm³/mol. The predicted octanol–water partition coefficient (Wildman–Crippen LogP) is 3.69. The number of nitrogens with one attached hydrogen (secondary N) is 1. The zero-order chi connectivity index (χ0) is 31.5. The first-order valence-electron chi connectivity index (χ1n) is 13.4. The average molecular weight is 652 g/mol. The van der Waals surface area contributed by atoms with Crippen molar-refractivity contribution in [1.82, 2.24) is 9.21 Å². The third-order valence-electron chi connectivity index (χ3n) is 7.25. The van der Waals surface area contributed by atoms with Crippen molar-refractivity contribution in [2.75, 3.05) is 38.6 Å². The van der Waals surface area contributed by atoms with Gasteiger partial charge in [0.2, 0.25) is 10.0 Å². The second-order valence-electron chi connectivity index (χ2n) is 10.4. The number of benzene rings is 3. The molecule has 0 radical (unpaired) electrons. The van der Waals surface area contributed by atoms with Crippen LogP contribution in [0.2, 0.25) is 5.02 Å². The molecular weight excluding hydrogens is 618 g/mol. The number of carbonyl (C=O) groups is 1. The second kappa shape index (κ2) is 13.1. The molecule has 4 rings (SSSR count). The number of hydrogen-bond donors (Lipinski definition) is 2. The Labute approximate surface area is 257 Å². The van der Waals surface area contributed by atoms with E-state index in [2.05, 4.69) is 4.72 Å². The minimum atomic E-state index is -4.00. The van der Waals surface area contributed by atoms with Crippen LogP contribution >= 0.6 is 11.6 Å². The van der Waals surface area contributed by atoms with Crippen molar-refractivity contribution < 1.29 is 36.2 Å². The highest BCUT2D eigenvalue weighted by atomic mass is 35.5. The SMILES string of the molecule is COc1ccc(S(=O)(=O)N(C)C[C@H]2Oc3ccc(NS(=O)(=O)c4ccc(Cl)cc4)cc3C(=O)N([C@H](C)CO)C[C@@H]2C)cc1. The number of likely N-dealkylation sites (N-methyl/N-ethyl adjacent to an activating group) is 1. The number of fused-ring (bicyclic) bond motifs is 1. The Hall–Kier alpha value is -3.36. The van der Waals surface area contributed by atoms with E-state index in [9.17, 15) is 26.7 Å². The lowest BCUT2D eigenvalue weighted by Gasteiger charge is -2.38. The molecule has 0 saturated carbocycles. The van der Waals surface area contributed by atoms with Crippen molar-refractivity contribution in [2.24, 2.45) is 5.92 Å². The molecule has 2 N–H and O–H groups in total. The van der Waals surface area contributed by atoms with E-state index in [0.29, 0.717) is 10.8 Å². The van der Waals surface area contributed by atoms with Gasteiger partial charge in [0.1, 0.15) is 17.6 Å². The van der Waals surface area contributed by atoms with E-state index in [1.54, 1.807) is 19.1 Å². The van der Waals surface area contributed by atoms with Gasteiger partial charge in [-0.25, -0.2) is 16.8 Å². The number of rotatable bonds is 10. The number of sulfonamides is 2. The van der Waals surface area contributed by atoms with Crippen molar-refractivity contribution in [3.05, 3.63) is 77.3 Å². The van der Waals surface area contributed by atoms with Crippen LogP contribution in [0.1, 0.15) is 24.2 Å². The molecule has 232 valence electrons. The molecule has 3 aromatic rings. The van der Waals surface area contributed by atoms with Gasteiger partial charge in [-0.05, 0) is 73.7 Å². The lowest BCUT2D eigenvalue weighted by molar-refractivity contribution is 0.0387. The fourth-order valence-corrected chi connectivity index (χ4v) is 6.97. The molecule has 3 atom stereocenters. The largest absolute Gasteiger partial charge is 0.497 e. The highest BCUT2D eigenvalue weighted by molar-refractivity contribution is 7.92. The number of hydrogen-bond acceptors (Lipinski definition) is 8. The van der Waals surface area contributed by atoms with Crippen LogP contribution in [0.4, 0.5) is 5.69 Å². The zero-order valence-electron chi connectivity index (χ0n) is 24.1. The molecule has 0 saturated heterocycles. The Morgan fingerprint density at radius 2 is 1.70 bits per heavy atom. The van der Waals surface area contributed by atoms with E-state index in [-0.39, 0.29) is 52.4 Å². The molecule has 14 heteroatoms. The lowest BCUT2D eigenvalue weighted by atomic mass is 9.99. The molecule has 3 aromatic carbocycles. The third kappa shape index (κ3) is 7.24. The number of aliphatic hydroxyl groups excluding tert-OH is 1. The number of carbonyl (C=O) groups excluding carboxylic acids is 1. The molecule has 0 aromatic heterocycles. The fraction of sp³-hybridized carbons (Fsp3) is 0.345. The number of aliphatic hydroxyl groups is 1. The summed E-state index contributed by atoms with van der Waals surface area (Å²) in [5, 5.41) is 10.3. The monoisotopic (exact) mass is 651 g/mol. The van der Waals surface area contributed by atoms with Gasteiger partial charge in [0.15, 0.2) is 0 Å². The molecule has 1 amide bonds. The lowest BCUT2D eigenvalue weighted by Crippen LogP contribution is -2.50. The van der Waals surface area contributed by atoms with Crippen LogP contribution in [0, 0.1) is 5.92 Å². The maximum Gasteiger partial charge on any atom is 0.261 e. The van der Waals surface area contributed by atoms with E-state index < -0.39 is 38.1 Å². The Balaban J connectivity index is 1.67. The van der Waals surface area contributed by atoms with Crippen LogP contribution in [0.25, 0.3) is 0 Å². The normalized spacial score (nSPS) is 18.3. The molecule has 0 spiro atoms. The maximum absolute atomic E-state index is 13.7. The Morgan fingerprint density at radius 1 is 1.07 bits per heavy atom. The summed E-state index contributed by atoms with van der Waals surface area (Å²) in [7, 11) is -4.96. The maximum atomic E-state index is 13.7. The fourth-order valence-electron chi connectivity index (χ4n) is 4.61. The van der Waals surface area contributed by atoms with Crippen molar-refractivity contribution in [3.8, 4) is 11.5 Å². The first-order valence-corrected chi connectivity index (χ1v) is 16.7. The summed E-state index contributed by atoms with van der Waals surface area (Å²) < 4.78 is 67.7. The van der Waals surface area contributed by atoms with Crippen LogP contribution in [0.5, 0.6) is 11.5 Å². The van der Waals surface area contributed by atoms with Crippen LogP contribution in [-0.2, 0) is 20.0 Å². The quantitative estimate of drug-likeness (QED) is 0.338. The summed E-state index contributed by atoms with van der Waals surface area (Å²) in [6.07, 6.45) is -0.699. The minimum absolute atomic E-state index is 0.0169. The Bertz CT molecular complexity index is 1670. The minimum Gasteiger partial charge on any atom is -0.497 e. The van der Waals surface area contributed by atoms with Crippen LogP contribution in [0.15, 0.2) is 76.5 Å². The van der Waals surface area contributed by atoms with E-state index in [4.69, 9.17) is 21.1 Å². The van der Waals surface area contributed by atoms with Crippen LogP contribution < -0.4 is 14.2 Å². The van der Waals surface area contributed by atoms with E-state index >= 15 is 0 Å². The molecule has 43 heavy (non-hydrogen) atoms. The number of halogens is 1. The van der Waals surface area contributed by atoms with E-state index in [1.807, 2.05) is 6.92 Å². The summed E-state index contributed by atoms with van der Waals surface area (Å²) in [6.45, 7) is 3.32. The molecular formula is C29H34ClN3O8S2. The summed E-state index contributed by atoms with van der Waals surface area (Å²) in [5.74, 6) is -0.134. The van der Waals surface area contributed by atoms with Crippen molar-refractivity contribution in [2.45, 2.75) is 35.8 Å². The van der Waals surface area contributed by atoms with Crippen molar-refractivity contribution in [3.63, 3.8) is 0 Å². The van der Waals surface area contributed by atoms with Gasteiger partial charge in [0, 0.05) is 30.2 Å². The second-order valence-corrected chi connectivity index (χ2v) is 14.5. The summed E-state index contributed by atoms with van der Waals surface area (Å²) >= 11 is 5.89. The highest BCUT2D eigenvalue weighted by Gasteiger charge is 2.35. The molecule has 0 bridgehead atoms. The third-order valence-corrected chi connectivity index (χ3v) is 10.7. The van der Waals surface area contributed by atoms with Gasteiger partial charge in [-0.15, -0.1) is 0 Å². The first kappa shape index (κ1) is 32.6. The van der Waals surface area contributed by atoms with Gasteiger partial charge in [0.25, 0.3) is 15.9 Å². The molecule has 0 unspecified atom stereocenters. The van der Waals surface area contributed by atoms with Crippen LogP contribution in [-0.4, -0.2) is 83.1 Å². The molecule has 0 aliphatic carbocycles. The van der Waals surface area contributed by atoms with Gasteiger partial charge in [-0.1, -0.05) is 18.5 Å². The molecule has 0 fully saturated rings. The standard InChI is InChI=1S/C29H34ClN3O8S2/c1-19-16-33(20(2)18-34)29(35)26-15-22(31-42(36,37)24-10-5-21(30)6-11-24)7-14-27(26)41-28(19)17-32(3)43(38,39)25-12-8-23(40-4)9-13-25/h5-15,19-20,28,31,34H,16-18H2,1-4H3/t19-,20+,28+/m0/s1. The average Bonchev–Trinajstić information content (AvgIpc) is 2.98. The van der Waals surface area contributed by atoms with Crippen molar-refractivity contribution in [1.29, 1.82) is 0 Å². The number of ether oxygens (including phenoxy) is 2. The highest BCUT2D eigenvalue weighted by Crippen LogP contribution is 2.32. The molecule has 1 heterocycles. The zero-order valence-corrected chi connectivity index (χ0v) is 26.5. The summed E-state index contributed by atoms with van der Waals surface area (Å²) in [5.41, 5.74) is 0.181. The Kier molecular flexibility index (Phi) is 9.92.